The molecule has 0 radical (unpaired) electrons. The molecule has 0 aliphatic heterocycles. The quantitative estimate of drug-likeness (QED) is 0.855. The molecule has 1 aliphatic carbocycles. The molecule has 1 amide bonds. The van der Waals surface area contributed by atoms with E-state index in [0.29, 0.717) is 21.5 Å². The van der Waals surface area contributed by atoms with E-state index in [9.17, 15) is 4.79 Å². The van der Waals surface area contributed by atoms with Gasteiger partial charge in [0.15, 0.2) is 0 Å². The van der Waals surface area contributed by atoms with Crippen molar-refractivity contribution in [3.8, 4) is 0 Å². The van der Waals surface area contributed by atoms with Gasteiger partial charge < -0.3 is 5.32 Å². The summed E-state index contributed by atoms with van der Waals surface area (Å²) in [6, 6.07) is 15.2. The van der Waals surface area contributed by atoms with Crippen LogP contribution in [-0.2, 0) is 0 Å². The Hall–Kier alpha value is -1.51. The third kappa shape index (κ3) is 3.22. The molecule has 3 rings (SSSR count). The highest BCUT2D eigenvalue weighted by molar-refractivity contribution is 6.43. The second-order valence-corrected chi connectivity index (χ2v) is 6.09. The molecule has 1 aliphatic rings. The van der Waals surface area contributed by atoms with E-state index in [1.165, 1.54) is 0 Å². The Bertz CT molecular complexity index is 653. The Balaban J connectivity index is 1.83. The number of amides is 1. The minimum Gasteiger partial charge on any atom is -0.345 e. The van der Waals surface area contributed by atoms with Gasteiger partial charge in [-0.25, -0.2) is 0 Å². The molecule has 0 spiro atoms. The molecule has 2 aromatic carbocycles. The Morgan fingerprint density at radius 2 is 1.76 bits per heavy atom. The van der Waals surface area contributed by atoms with Gasteiger partial charge in [-0.2, -0.15) is 0 Å². The van der Waals surface area contributed by atoms with Gasteiger partial charge in [0.05, 0.1) is 21.7 Å². The predicted octanol–water partition coefficient (Wildman–Crippen LogP) is 4.87. The summed E-state index contributed by atoms with van der Waals surface area (Å²) in [4.78, 5) is 12.5. The van der Waals surface area contributed by atoms with E-state index < -0.39 is 0 Å². The van der Waals surface area contributed by atoms with Crippen LogP contribution in [0.4, 0.5) is 0 Å². The molecule has 1 N–H and O–H groups in total. The van der Waals surface area contributed by atoms with E-state index in [-0.39, 0.29) is 11.9 Å². The summed E-state index contributed by atoms with van der Waals surface area (Å²) in [5.74, 6) is 0.331. The van der Waals surface area contributed by atoms with Crippen molar-refractivity contribution in [2.24, 2.45) is 5.92 Å². The number of hydrogen-bond donors (Lipinski definition) is 1. The summed E-state index contributed by atoms with van der Waals surface area (Å²) in [5, 5.41) is 3.80. The molecule has 4 heteroatoms. The van der Waals surface area contributed by atoms with Gasteiger partial charge in [-0.3, -0.25) is 4.79 Å². The fourth-order valence-corrected chi connectivity index (χ4v) is 2.85. The van der Waals surface area contributed by atoms with Crippen LogP contribution in [-0.4, -0.2) is 5.91 Å². The molecular weight excluding hydrogens is 305 g/mol. The molecule has 0 bridgehead atoms. The second-order valence-electron chi connectivity index (χ2n) is 5.30. The summed E-state index contributed by atoms with van der Waals surface area (Å²) in [6.07, 6.45) is 2.28. The molecule has 0 heterocycles. The largest absolute Gasteiger partial charge is 0.345 e. The molecular formula is C17H15Cl2NO. The predicted molar refractivity (Wildman–Crippen MR) is 85.8 cm³/mol. The Labute approximate surface area is 134 Å². The molecule has 2 nitrogen and oxygen atoms in total. The fourth-order valence-electron chi connectivity index (χ4n) is 2.46. The Kier molecular flexibility index (Phi) is 4.18. The molecule has 108 valence electrons. The lowest BCUT2D eigenvalue weighted by Gasteiger charge is -2.19. The van der Waals surface area contributed by atoms with Crippen LogP contribution in [0.5, 0.6) is 0 Å². The zero-order chi connectivity index (χ0) is 14.8. The fraction of sp³-hybridized carbons (Fsp3) is 0.235. The molecule has 0 aromatic heterocycles. The van der Waals surface area contributed by atoms with E-state index in [4.69, 9.17) is 23.2 Å². The standard InChI is InChI=1S/C17H15Cl2NO/c18-14-8-4-7-13(15(14)19)17(21)20-16(12-9-10-12)11-5-2-1-3-6-11/h1-8,12,16H,9-10H2,(H,20,21)/t16-/m1/s1. The average molecular weight is 320 g/mol. The summed E-state index contributed by atoms with van der Waals surface area (Å²) < 4.78 is 0. The Morgan fingerprint density at radius 3 is 2.43 bits per heavy atom. The maximum absolute atomic E-state index is 12.5. The zero-order valence-corrected chi connectivity index (χ0v) is 12.9. The first kappa shape index (κ1) is 14.4. The number of carbonyl (C=O) groups excluding carboxylic acids is 1. The van der Waals surface area contributed by atoms with Gasteiger partial charge >= 0.3 is 0 Å². The highest BCUT2D eigenvalue weighted by Gasteiger charge is 2.33. The summed E-state index contributed by atoms with van der Waals surface area (Å²) in [6.45, 7) is 0. The number of halogens is 2. The summed E-state index contributed by atoms with van der Waals surface area (Å²) >= 11 is 12.1. The van der Waals surface area contributed by atoms with Crippen molar-refractivity contribution >= 4 is 29.1 Å². The van der Waals surface area contributed by atoms with Crippen LogP contribution in [0.25, 0.3) is 0 Å². The van der Waals surface area contributed by atoms with Gasteiger partial charge in [-0.05, 0) is 36.5 Å². The highest BCUT2D eigenvalue weighted by Crippen LogP contribution is 2.41. The lowest BCUT2D eigenvalue weighted by Crippen LogP contribution is -2.30. The minimum atomic E-state index is -0.178. The number of nitrogens with one attached hydrogen (secondary N) is 1. The van der Waals surface area contributed by atoms with Crippen LogP contribution < -0.4 is 5.32 Å². The van der Waals surface area contributed by atoms with Gasteiger partial charge in [0.1, 0.15) is 0 Å². The topological polar surface area (TPSA) is 29.1 Å². The number of carbonyl (C=O) groups is 1. The van der Waals surface area contributed by atoms with Crippen molar-refractivity contribution in [1.82, 2.24) is 5.32 Å². The normalized spacial score (nSPS) is 15.5. The molecule has 1 fully saturated rings. The van der Waals surface area contributed by atoms with E-state index in [1.54, 1.807) is 18.2 Å². The van der Waals surface area contributed by atoms with E-state index >= 15 is 0 Å². The molecule has 1 saturated carbocycles. The van der Waals surface area contributed by atoms with Gasteiger partial charge in [0.2, 0.25) is 0 Å². The summed E-state index contributed by atoms with van der Waals surface area (Å²) in [5.41, 5.74) is 1.55. The van der Waals surface area contributed by atoms with Gasteiger partial charge in [-0.1, -0.05) is 59.6 Å². The van der Waals surface area contributed by atoms with Crippen LogP contribution in [0.3, 0.4) is 0 Å². The first-order valence-electron chi connectivity index (χ1n) is 6.96. The third-order valence-corrected chi connectivity index (χ3v) is 4.55. The van der Waals surface area contributed by atoms with Crippen molar-refractivity contribution in [3.05, 3.63) is 69.7 Å². The molecule has 0 saturated heterocycles. The molecule has 1 atom stereocenters. The first-order valence-corrected chi connectivity index (χ1v) is 7.72. The number of hydrogen-bond acceptors (Lipinski definition) is 1. The highest BCUT2D eigenvalue weighted by atomic mass is 35.5. The van der Waals surface area contributed by atoms with Crippen molar-refractivity contribution in [3.63, 3.8) is 0 Å². The maximum atomic E-state index is 12.5. The Morgan fingerprint density at radius 1 is 1.05 bits per heavy atom. The van der Waals surface area contributed by atoms with E-state index in [0.717, 1.165) is 18.4 Å². The van der Waals surface area contributed by atoms with Crippen LogP contribution in [0, 0.1) is 5.92 Å². The monoisotopic (exact) mass is 319 g/mol. The van der Waals surface area contributed by atoms with Gasteiger partial charge in [0.25, 0.3) is 5.91 Å². The number of benzene rings is 2. The van der Waals surface area contributed by atoms with Crippen molar-refractivity contribution < 1.29 is 4.79 Å². The SMILES string of the molecule is O=C(N[C@H](c1ccccc1)C1CC1)c1cccc(Cl)c1Cl. The van der Waals surface area contributed by atoms with Crippen molar-refractivity contribution in [2.45, 2.75) is 18.9 Å². The minimum absolute atomic E-state index is 0.0359. The molecule has 0 unspecified atom stereocenters. The van der Waals surface area contributed by atoms with Crippen LogP contribution >= 0.6 is 23.2 Å². The van der Waals surface area contributed by atoms with Crippen molar-refractivity contribution in [2.75, 3.05) is 0 Å². The van der Waals surface area contributed by atoms with Crippen LogP contribution in [0.2, 0.25) is 10.0 Å². The van der Waals surface area contributed by atoms with E-state index in [1.807, 2.05) is 30.3 Å². The third-order valence-electron chi connectivity index (χ3n) is 3.73. The zero-order valence-electron chi connectivity index (χ0n) is 11.4. The smallest absolute Gasteiger partial charge is 0.253 e. The number of rotatable bonds is 4. The van der Waals surface area contributed by atoms with Gasteiger partial charge in [0, 0.05) is 0 Å². The first-order chi connectivity index (χ1) is 10.2. The van der Waals surface area contributed by atoms with Gasteiger partial charge in [-0.15, -0.1) is 0 Å². The average Bonchev–Trinajstić information content (AvgIpc) is 3.33. The van der Waals surface area contributed by atoms with Crippen molar-refractivity contribution in [1.29, 1.82) is 0 Å². The van der Waals surface area contributed by atoms with E-state index in [2.05, 4.69) is 5.32 Å². The second kappa shape index (κ2) is 6.08. The van der Waals surface area contributed by atoms with Crippen LogP contribution in [0.1, 0.15) is 34.8 Å². The lowest BCUT2D eigenvalue weighted by atomic mass is 10.0. The van der Waals surface area contributed by atoms with Crippen LogP contribution in [0.15, 0.2) is 48.5 Å². The lowest BCUT2D eigenvalue weighted by molar-refractivity contribution is 0.0932. The molecule has 2 aromatic rings. The maximum Gasteiger partial charge on any atom is 0.253 e. The molecule has 21 heavy (non-hydrogen) atoms. The summed E-state index contributed by atoms with van der Waals surface area (Å²) in [7, 11) is 0.